The predicted molar refractivity (Wildman–Crippen MR) is 107 cm³/mol. The fourth-order valence-electron chi connectivity index (χ4n) is 3.26. The number of piperazine rings is 1. The van der Waals surface area contributed by atoms with Gasteiger partial charge in [-0.1, -0.05) is 37.3 Å². The van der Waals surface area contributed by atoms with Gasteiger partial charge in [-0.3, -0.25) is 4.90 Å². The van der Waals surface area contributed by atoms with Crippen molar-refractivity contribution in [1.29, 1.82) is 0 Å². The number of nitrogens with one attached hydrogen (secondary N) is 1. The first-order valence-electron chi connectivity index (χ1n) is 9.40. The van der Waals surface area contributed by atoms with Crippen LogP contribution < -0.4 is 5.32 Å². The predicted octanol–water partition coefficient (Wildman–Crippen LogP) is 3.08. The molecule has 1 fully saturated rings. The Bertz CT molecular complexity index is 708. The molecule has 0 saturated carbocycles. The summed E-state index contributed by atoms with van der Waals surface area (Å²) in [5, 5.41) is 4.17. The van der Waals surface area contributed by atoms with Crippen LogP contribution in [0, 0.1) is 6.92 Å². The average molecular weight is 373 g/mol. The maximum absolute atomic E-state index is 12.4. The molecule has 1 N–H and O–H groups in total. The number of urea groups is 1. The molecule has 1 aliphatic heterocycles. The Morgan fingerprint density at radius 3 is 2.58 bits per heavy atom. The van der Waals surface area contributed by atoms with Gasteiger partial charge in [-0.25, -0.2) is 9.78 Å². The number of amides is 2. The third-order valence-corrected chi connectivity index (χ3v) is 5.87. The van der Waals surface area contributed by atoms with Gasteiger partial charge in [0.25, 0.3) is 0 Å². The summed E-state index contributed by atoms with van der Waals surface area (Å²) in [5.41, 5.74) is 2.52. The largest absolute Gasteiger partial charge is 0.338 e. The molecule has 0 spiro atoms. The lowest BCUT2D eigenvalue weighted by atomic mass is 10.2. The van der Waals surface area contributed by atoms with E-state index in [-0.39, 0.29) is 6.03 Å². The molecule has 5 nitrogen and oxygen atoms in total. The van der Waals surface area contributed by atoms with E-state index in [2.05, 4.69) is 53.3 Å². The number of hydrogen-bond donors (Lipinski definition) is 1. The number of carbonyl (C=O) groups is 1. The van der Waals surface area contributed by atoms with Crippen molar-refractivity contribution in [1.82, 2.24) is 20.1 Å². The molecule has 0 radical (unpaired) electrons. The molecule has 2 heterocycles. The highest BCUT2D eigenvalue weighted by atomic mass is 32.1. The first kappa shape index (κ1) is 18.9. The van der Waals surface area contributed by atoms with Crippen LogP contribution in [0.3, 0.4) is 0 Å². The molecule has 6 heteroatoms. The maximum Gasteiger partial charge on any atom is 0.317 e. The molecule has 140 valence electrons. The average Bonchev–Trinajstić information content (AvgIpc) is 3.03. The van der Waals surface area contributed by atoms with Crippen molar-refractivity contribution in [3.8, 4) is 0 Å². The minimum Gasteiger partial charge on any atom is -0.338 e. The summed E-state index contributed by atoms with van der Waals surface area (Å²) in [5.74, 6) is 0. The molecule has 2 aromatic rings. The van der Waals surface area contributed by atoms with Gasteiger partial charge in [0.05, 0.1) is 10.7 Å². The van der Waals surface area contributed by atoms with E-state index in [1.807, 2.05) is 11.0 Å². The van der Waals surface area contributed by atoms with Crippen molar-refractivity contribution in [2.24, 2.45) is 0 Å². The smallest absolute Gasteiger partial charge is 0.317 e. The third kappa shape index (κ3) is 5.05. The molecular formula is C20H28N4OS. The minimum absolute atomic E-state index is 0.0494. The second-order valence-electron chi connectivity index (χ2n) is 6.69. The molecule has 1 aromatic heterocycles. The Kier molecular flexibility index (Phi) is 6.63. The van der Waals surface area contributed by atoms with E-state index in [1.54, 1.807) is 11.3 Å². The first-order valence-corrected chi connectivity index (χ1v) is 10.2. The van der Waals surface area contributed by atoms with E-state index >= 15 is 0 Å². The van der Waals surface area contributed by atoms with Crippen molar-refractivity contribution in [3.63, 3.8) is 0 Å². The molecule has 0 atom stereocenters. The number of benzene rings is 1. The van der Waals surface area contributed by atoms with Gasteiger partial charge in [-0.15, -0.1) is 11.3 Å². The van der Waals surface area contributed by atoms with Gasteiger partial charge in [-0.2, -0.15) is 0 Å². The second kappa shape index (κ2) is 9.14. The SMILES string of the molecule is CCc1nc(CCNC(=O)N2CCN(Cc3ccccc3)CC2)sc1C. The Hall–Kier alpha value is -1.92. The third-order valence-electron chi connectivity index (χ3n) is 4.80. The Morgan fingerprint density at radius 1 is 1.19 bits per heavy atom. The Balaban J connectivity index is 1.38. The first-order chi connectivity index (χ1) is 12.7. The highest BCUT2D eigenvalue weighted by Crippen LogP contribution is 2.18. The van der Waals surface area contributed by atoms with Crippen molar-refractivity contribution in [3.05, 3.63) is 51.5 Å². The molecule has 0 aliphatic carbocycles. The Morgan fingerprint density at radius 2 is 1.92 bits per heavy atom. The molecule has 2 amide bonds. The normalized spacial score (nSPS) is 15.2. The van der Waals surface area contributed by atoms with Crippen LogP contribution in [0.25, 0.3) is 0 Å². The summed E-state index contributed by atoms with van der Waals surface area (Å²) in [6, 6.07) is 10.6. The summed E-state index contributed by atoms with van der Waals surface area (Å²) in [7, 11) is 0. The molecule has 1 saturated heterocycles. The number of aryl methyl sites for hydroxylation is 2. The lowest BCUT2D eigenvalue weighted by molar-refractivity contribution is 0.135. The van der Waals surface area contributed by atoms with Gasteiger partial charge in [0.2, 0.25) is 0 Å². The van der Waals surface area contributed by atoms with E-state index in [0.717, 1.165) is 50.6 Å². The summed E-state index contributed by atoms with van der Waals surface area (Å²) in [6.07, 6.45) is 1.78. The fraction of sp³-hybridized carbons (Fsp3) is 0.500. The van der Waals surface area contributed by atoms with E-state index in [4.69, 9.17) is 0 Å². The van der Waals surface area contributed by atoms with Crippen LogP contribution >= 0.6 is 11.3 Å². The van der Waals surface area contributed by atoms with Gasteiger partial charge in [-0.05, 0) is 18.9 Å². The monoisotopic (exact) mass is 372 g/mol. The lowest BCUT2D eigenvalue weighted by Gasteiger charge is -2.34. The zero-order chi connectivity index (χ0) is 18.4. The Labute approximate surface area is 160 Å². The van der Waals surface area contributed by atoms with Crippen LogP contribution in [-0.4, -0.2) is 53.5 Å². The second-order valence-corrected chi connectivity index (χ2v) is 7.98. The summed E-state index contributed by atoms with van der Waals surface area (Å²) in [4.78, 5) is 22.6. The van der Waals surface area contributed by atoms with Gasteiger partial charge in [0.15, 0.2) is 0 Å². The van der Waals surface area contributed by atoms with E-state index in [9.17, 15) is 4.79 Å². The molecule has 1 aliphatic rings. The molecule has 0 unspecified atom stereocenters. The van der Waals surface area contributed by atoms with Crippen LogP contribution in [0.2, 0.25) is 0 Å². The number of thiazole rings is 1. The zero-order valence-electron chi connectivity index (χ0n) is 15.7. The minimum atomic E-state index is 0.0494. The van der Waals surface area contributed by atoms with Gasteiger partial charge >= 0.3 is 6.03 Å². The number of aromatic nitrogens is 1. The molecule has 0 bridgehead atoms. The van der Waals surface area contributed by atoms with Gasteiger partial charge in [0, 0.05) is 50.6 Å². The van der Waals surface area contributed by atoms with Gasteiger partial charge in [0.1, 0.15) is 0 Å². The highest BCUT2D eigenvalue weighted by molar-refractivity contribution is 7.11. The van der Waals surface area contributed by atoms with E-state index in [0.29, 0.717) is 6.54 Å². The quantitative estimate of drug-likeness (QED) is 0.848. The van der Waals surface area contributed by atoms with Crippen molar-refractivity contribution >= 4 is 17.4 Å². The zero-order valence-corrected chi connectivity index (χ0v) is 16.5. The van der Waals surface area contributed by atoms with E-state index in [1.165, 1.54) is 16.1 Å². The molecular weight excluding hydrogens is 344 g/mol. The van der Waals surface area contributed by atoms with E-state index < -0.39 is 0 Å². The summed E-state index contributed by atoms with van der Waals surface area (Å²) >= 11 is 1.74. The number of carbonyl (C=O) groups excluding carboxylic acids is 1. The topological polar surface area (TPSA) is 48.5 Å². The van der Waals surface area contributed by atoms with Gasteiger partial charge < -0.3 is 10.2 Å². The molecule has 3 rings (SSSR count). The summed E-state index contributed by atoms with van der Waals surface area (Å²) in [6.45, 7) is 9.28. The number of hydrogen-bond acceptors (Lipinski definition) is 4. The van der Waals surface area contributed by atoms with Crippen molar-refractivity contribution < 1.29 is 4.79 Å². The van der Waals surface area contributed by atoms with Crippen LogP contribution in [0.1, 0.15) is 28.1 Å². The molecule has 1 aromatic carbocycles. The maximum atomic E-state index is 12.4. The highest BCUT2D eigenvalue weighted by Gasteiger charge is 2.20. The van der Waals surface area contributed by atoms with Crippen LogP contribution in [-0.2, 0) is 19.4 Å². The number of nitrogens with zero attached hydrogens (tertiary/aromatic N) is 3. The van der Waals surface area contributed by atoms with Crippen LogP contribution in [0.5, 0.6) is 0 Å². The summed E-state index contributed by atoms with van der Waals surface area (Å²) < 4.78 is 0. The fourth-order valence-corrected chi connectivity index (χ4v) is 4.28. The van der Waals surface area contributed by atoms with Crippen molar-refractivity contribution in [2.45, 2.75) is 33.2 Å². The molecule has 26 heavy (non-hydrogen) atoms. The number of rotatable bonds is 6. The van der Waals surface area contributed by atoms with Crippen LogP contribution in [0.15, 0.2) is 30.3 Å². The standard InChI is InChI=1S/C20H28N4OS/c1-3-18-16(2)26-19(22-18)9-10-21-20(25)24-13-11-23(12-14-24)15-17-7-5-4-6-8-17/h4-8H,3,9-15H2,1-2H3,(H,21,25). The lowest BCUT2D eigenvalue weighted by Crippen LogP contribution is -2.51. The van der Waals surface area contributed by atoms with Crippen molar-refractivity contribution in [2.75, 3.05) is 32.7 Å². The van der Waals surface area contributed by atoms with Crippen LogP contribution in [0.4, 0.5) is 4.79 Å².